The van der Waals surface area contributed by atoms with Crippen LogP contribution in [0.3, 0.4) is 0 Å². The van der Waals surface area contributed by atoms with Crippen LogP contribution in [0.4, 0.5) is 11.5 Å². The maximum absolute atomic E-state index is 11.8. The molecule has 5 nitrogen and oxygen atoms in total. The quantitative estimate of drug-likeness (QED) is 0.855. The van der Waals surface area contributed by atoms with Gasteiger partial charge in [-0.2, -0.15) is 0 Å². The minimum absolute atomic E-state index is 0.148. The van der Waals surface area contributed by atoms with Gasteiger partial charge < -0.3 is 11.1 Å². The van der Waals surface area contributed by atoms with Crippen LogP contribution in [0, 0.1) is 6.92 Å². The van der Waals surface area contributed by atoms with Crippen molar-refractivity contribution in [3.63, 3.8) is 0 Å². The summed E-state index contributed by atoms with van der Waals surface area (Å²) >= 11 is 0. The number of carbonyl (C=O) groups excluding carboxylic acids is 1. The Bertz CT molecular complexity index is 551. The number of hydrogen-bond donors (Lipinski definition) is 2. The molecular weight excluding hydrogens is 228 g/mol. The smallest absolute Gasteiger partial charge is 0.231 e. The fourth-order valence-corrected chi connectivity index (χ4v) is 1.50. The van der Waals surface area contributed by atoms with E-state index < -0.39 is 0 Å². The average molecular weight is 242 g/mol. The number of nitrogen functional groups attached to an aromatic ring is 1. The van der Waals surface area contributed by atoms with Gasteiger partial charge in [0.25, 0.3) is 0 Å². The highest BCUT2D eigenvalue weighted by Gasteiger charge is 2.05. The lowest BCUT2D eigenvalue weighted by atomic mass is 10.2. The zero-order valence-corrected chi connectivity index (χ0v) is 10.1. The fourth-order valence-electron chi connectivity index (χ4n) is 1.50. The highest BCUT2D eigenvalue weighted by Crippen LogP contribution is 2.07. The molecule has 0 aromatic carbocycles. The molecule has 0 saturated carbocycles. The van der Waals surface area contributed by atoms with Crippen molar-refractivity contribution < 1.29 is 4.79 Å². The van der Waals surface area contributed by atoms with Gasteiger partial charge in [-0.15, -0.1) is 0 Å². The molecule has 2 heterocycles. The molecule has 0 unspecified atom stereocenters. The molecule has 5 heteroatoms. The zero-order valence-electron chi connectivity index (χ0n) is 10.1. The van der Waals surface area contributed by atoms with Gasteiger partial charge >= 0.3 is 0 Å². The molecule has 0 fully saturated rings. The zero-order chi connectivity index (χ0) is 13.0. The highest BCUT2D eigenvalue weighted by atomic mass is 16.1. The van der Waals surface area contributed by atoms with E-state index in [1.807, 2.05) is 19.1 Å². The van der Waals surface area contributed by atoms with Crippen molar-refractivity contribution >= 4 is 17.4 Å². The van der Waals surface area contributed by atoms with Gasteiger partial charge in [-0.1, -0.05) is 0 Å². The first kappa shape index (κ1) is 12.0. The Labute approximate surface area is 105 Å². The predicted octanol–water partition coefficient (Wildman–Crippen LogP) is 1.55. The first-order valence-corrected chi connectivity index (χ1v) is 5.56. The van der Waals surface area contributed by atoms with Crippen LogP contribution < -0.4 is 11.1 Å². The first-order chi connectivity index (χ1) is 8.63. The molecular formula is C13H14N4O. The lowest BCUT2D eigenvalue weighted by Gasteiger charge is -2.04. The Morgan fingerprint density at radius 3 is 2.83 bits per heavy atom. The van der Waals surface area contributed by atoms with Gasteiger partial charge in [0, 0.05) is 11.9 Å². The molecule has 0 radical (unpaired) electrons. The SMILES string of the molecule is Cc1ccnc(NC(=O)Cc2ccc(N)cn2)c1. The minimum atomic E-state index is -0.148. The summed E-state index contributed by atoms with van der Waals surface area (Å²) in [5, 5.41) is 2.72. The van der Waals surface area contributed by atoms with Crippen molar-refractivity contribution in [2.45, 2.75) is 13.3 Å². The summed E-state index contributed by atoms with van der Waals surface area (Å²) < 4.78 is 0. The molecule has 0 spiro atoms. The Morgan fingerprint density at radius 1 is 1.33 bits per heavy atom. The van der Waals surface area contributed by atoms with E-state index in [1.54, 1.807) is 18.3 Å². The molecule has 1 amide bonds. The molecule has 2 rings (SSSR count). The van der Waals surface area contributed by atoms with Gasteiger partial charge in [0.05, 0.1) is 18.3 Å². The largest absolute Gasteiger partial charge is 0.397 e. The number of nitrogens with one attached hydrogen (secondary N) is 1. The van der Waals surface area contributed by atoms with E-state index in [-0.39, 0.29) is 12.3 Å². The Balaban J connectivity index is 1.98. The topological polar surface area (TPSA) is 80.9 Å². The normalized spacial score (nSPS) is 10.1. The van der Waals surface area contributed by atoms with Crippen LogP contribution in [0.5, 0.6) is 0 Å². The van der Waals surface area contributed by atoms with Gasteiger partial charge in [-0.3, -0.25) is 9.78 Å². The number of pyridine rings is 2. The van der Waals surface area contributed by atoms with Crippen LogP contribution in [0.1, 0.15) is 11.3 Å². The third-order valence-corrected chi connectivity index (χ3v) is 2.37. The van der Waals surface area contributed by atoms with Crippen LogP contribution >= 0.6 is 0 Å². The number of hydrogen-bond acceptors (Lipinski definition) is 4. The predicted molar refractivity (Wildman–Crippen MR) is 70.0 cm³/mol. The Kier molecular flexibility index (Phi) is 3.52. The van der Waals surface area contributed by atoms with Crippen molar-refractivity contribution in [1.82, 2.24) is 9.97 Å². The molecule has 18 heavy (non-hydrogen) atoms. The van der Waals surface area contributed by atoms with Crippen molar-refractivity contribution in [2.75, 3.05) is 11.1 Å². The number of amides is 1. The number of aryl methyl sites for hydroxylation is 1. The van der Waals surface area contributed by atoms with E-state index in [4.69, 9.17) is 5.73 Å². The molecule has 0 aliphatic heterocycles. The molecule has 0 saturated heterocycles. The number of anilines is 2. The maximum atomic E-state index is 11.8. The molecule has 2 aromatic rings. The van der Waals surface area contributed by atoms with Gasteiger partial charge in [0.15, 0.2) is 0 Å². The summed E-state index contributed by atoms with van der Waals surface area (Å²) in [6.45, 7) is 1.94. The Hall–Kier alpha value is -2.43. The molecule has 0 atom stereocenters. The molecule has 92 valence electrons. The summed E-state index contributed by atoms with van der Waals surface area (Å²) in [5.74, 6) is 0.404. The second-order valence-corrected chi connectivity index (χ2v) is 4.03. The molecule has 0 bridgehead atoms. The van der Waals surface area contributed by atoms with E-state index in [1.165, 1.54) is 6.20 Å². The number of carbonyl (C=O) groups is 1. The monoisotopic (exact) mass is 242 g/mol. The Morgan fingerprint density at radius 2 is 2.17 bits per heavy atom. The van der Waals surface area contributed by atoms with Crippen LogP contribution in [-0.2, 0) is 11.2 Å². The van der Waals surface area contributed by atoms with E-state index in [9.17, 15) is 4.79 Å². The third-order valence-electron chi connectivity index (χ3n) is 2.37. The summed E-state index contributed by atoms with van der Waals surface area (Å²) in [4.78, 5) is 19.9. The van der Waals surface area contributed by atoms with Crippen molar-refractivity contribution in [3.8, 4) is 0 Å². The van der Waals surface area contributed by atoms with Crippen LogP contribution in [0.2, 0.25) is 0 Å². The van der Waals surface area contributed by atoms with Crippen LogP contribution in [0.25, 0.3) is 0 Å². The molecule has 0 aliphatic rings. The van der Waals surface area contributed by atoms with Crippen molar-refractivity contribution in [3.05, 3.63) is 47.9 Å². The minimum Gasteiger partial charge on any atom is -0.397 e. The third kappa shape index (κ3) is 3.28. The number of aromatic nitrogens is 2. The molecule has 0 aliphatic carbocycles. The lowest BCUT2D eigenvalue weighted by Crippen LogP contribution is -2.16. The van der Waals surface area contributed by atoms with E-state index in [0.29, 0.717) is 17.2 Å². The highest BCUT2D eigenvalue weighted by molar-refractivity contribution is 5.91. The van der Waals surface area contributed by atoms with E-state index >= 15 is 0 Å². The summed E-state index contributed by atoms with van der Waals surface area (Å²) in [6.07, 6.45) is 3.40. The number of rotatable bonds is 3. The van der Waals surface area contributed by atoms with Crippen molar-refractivity contribution in [2.24, 2.45) is 0 Å². The van der Waals surface area contributed by atoms with Crippen LogP contribution in [-0.4, -0.2) is 15.9 Å². The number of nitrogens with zero attached hydrogens (tertiary/aromatic N) is 2. The van der Waals surface area contributed by atoms with Crippen molar-refractivity contribution in [1.29, 1.82) is 0 Å². The fraction of sp³-hybridized carbons (Fsp3) is 0.154. The van der Waals surface area contributed by atoms with E-state index in [0.717, 1.165) is 5.56 Å². The second-order valence-electron chi connectivity index (χ2n) is 4.03. The van der Waals surface area contributed by atoms with E-state index in [2.05, 4.69) is 15.3 Å². The second kappa shape index (κ2) is 5.27. The van der Waals surface area contributed by atoms with Crippen LogP contribution in [0.15, 0.2) is 36.7 Å². The lowest BCUT2D eigenvalue weighted by molar-refractivity contribution is -0.115. The molecule has 3 N–H and O–H groups in total. The molecule has 2 aromatic heterocycles. The van der Waals surface area contributed by atoms with Gasteiger partial charge in [-0.05, 0) is 36.8 Å². The maximum Gasteiger partial charge on any atom is 0.231 e. The number of nitrogens with two attached hydrogens (primary N) is 1. The van der Waals surface area contributed by atoms with Gasteiger partial charge in [0.1, 0.15) is 5.82 Å². The average Bonchev–Trinajstić information content (AvgIpc) is 2.32. The summed E-state index contributed by atoms with van der Waals surface area (Å²) in [5.41, 5.74) is 7.83. The van der Waals surface area contributed by atoms with Gasteiger partial charge in [-0.25, -0.2) is 4.98 Å². The summed E-state index contributed by atoms with van der Waals surface area (Å²) in [6, 6.07) is 7.14. The summed E-state index contributed by atoms with van der Waals surface area (Å²) in [7, 11) is 0. The first-order valence-electron chi connectivity index (χ1n) is 5.56. The standard InChI is InChI=1S/C13H14N4O/c1-9-4-5-15-12(6-9)17-13(18)7-11-3-2-10(14)8-16-11/h2-6,8H,7,14H2,1H3,(H,15,17,18). The van der Waals surface area contributed by atoms with Gasteiger partial charge in [0.2, 0.25) is 5.91 Å².